The number of aliphatic hydroxyl groups is 2. The quantitative estimate of drug-likeness (QED) is 0.0606. The predicted molar refractivity (Wildman–Crippen MR) is 218 cm³/mol. The summed E-state index contributed by atoms with van der Waals surface area (Å²) in [5.74, 6) is -3.44. The predicted octanol–water partition coefficient (Wildman–Crippen LogP) is 6.68. The van der Waals surface area contributed by atoms with Crippen LogP contribution >= 0.6 is 0 Å². The van der Waals surface area contributed by atoms with E-state index in [9.17, 15) is 55.7 Å². The van der Waals surface area contributed by atoms with Crippen molar-refractivity contribution in [2.24, 2.45) is 5.73 Å². The largest absolute Gasteiger partial charge is 0.462 e. The van der Waals surface area contributed by atoms with Crippen LogP contribution in [0.25, 0.3) is 11.0 Å². The second-order valence-electron chi connectivity index (χ2n) is 15.6. The number of aromatic nitrogens is 6. The number of nitrogens with one attached hydrogen (secondary N) is 2. The van der Waals surface area contributed by atoms with Crippen molar-refractivity contribution < 1.29 is 60.5 Å². The number of amides is 3. The standard InChI is InChI=1S/C22H23F3N4O4.C20H20F3N5O3/c1-4-33-20(31)15-12-29-14(10-13(28-29)8-9-21(2,3)32)11-17(15)27-19(30)16-6-5-7-18(26-16)22(23,24)25;1-19(2,31)7-6-11-8-12-9-15(13(17(24)29)10-28(12)27-11)26-18(30)14-4-3-5-16(25-14)20(21,22)23/h5-7,10-12,32H,4,8-9H2,1-3H3,(H,27,30);3-5,8-10,31H,6-7H2,1-2H3,(H2,24,29)(H,26,30). The van der Waals surface area contributed by atoms with Crippen LogP contribution in [0.1, 0.15) is 112 Å². The number of anilines is 2. The number of hydrogen-bond acceptors (Lipinski definition) is 11. The molecule has 0 radical (unpaired) electrons. The molecule has 64 heavy (non-hydrogen) atoms. The summed E-state index contributed by atoms with van der Waals surface area (Å²) in [6, 6.07) is 12.2. The average molecular weight is 900 g/mol. The molecule has 0 atom stereocenters. The van der Waals surface area contributed by atoms with Crippen molar-refractivity contribution in [3.8, 4) is 0 Å². The molecule has 0 aliphatic rings. The first kappa shape index (κ1) is 48.1. The zero-order chi connectivity index (χ0) is 47.4. The third-order valence-corrected chi connectivity index (χ3v) is 9.09. The summed E-state index contributed by atoms with van der Waals surface area (Å²) in [5, 5.41) is 33.4. The molecule has 3 amide bonds. The van der Waals surface area contributed by atoms with Crippen molar-refractivity contribution in [3.05, 3.63) is 118 Å². The number of aryl methyl sites for hydroxylation is 2. The van der Waals surface area contributed by atoms with Gasteiger partial charge in [0.05, 0.1) is 57.2 Å². The molecular weight excluding hydrogens is 857 g/mol. The maximum absolute atomic E-state index is 12.9. The van der Waals surface area contributed by atoms with Gasteiger partial charge in [0.15, 0.2) is 0 Å². The number of halogens is 6. The molecule has 0 aliphatic carbocycles. The molecule has 0 aromatic carbocycles. The molecule has 0 unspecified atom stereocenters. The van der Waals surface area contributed by atoms with E-state index in [0.29, 0.717) is 48.1 Å². The highest BCUT2D eigenvalue weighted by molar-refractivity contribution is 6.09. The molecule has 0 fully saturated rings. The molecule has 6 aromatic rings. The number of nitrogens with two attached hydrogens (primary N) is 1. The van der Waals surface area contributed by atoms with E-state index in [-0.39, 0.29) is 29.1 Å². The molecule has 0 bridgehead atoms. The number of hydrogen-bond donors (Lipinski definition) is 5. The van der Waals surface area contributed by atoms with Gasteiger partial charge < -0.3 is 31.3 Å². The first-order valence-corrected chi connectivity index (χ1v) is 19.4. The number of carbonyl (C=O) groups is 4. The summed E-state index contributed by atoms with van der Waals surface area (Å²) in [6.45, 7) is 8.39. The van der Waals surface area contributed by atoms with Crippen LogP contribution in [0.2, 0.25) is 0 Å². The number of pyridine rings is 4. The van der Waals surface area contributed by atoms with E-state index in [1.807, 2.05) is 0 Å². The smallest absolute Gasteiger partial charge is 0.433 e. The minimum absolute atomic E-state index is 0.0122. The summed E-state index contributed by atoms with van der Waals surface area (Å²) < 4.78 is 85.3. The zero-order valence-corrected chi connectivity index (χ0v) is 34.9. The minimum Gasteiger partial charge on any atom is -0.462 e. The van der Waals surface area contributed by atoms with Crippen LogP contribution in [0.4, 0.5) is 37.7 Å². The van der Waals surface area contributed by atoms with Gasteiger partial charge in [0.2, 0.25) is 0 Å². The van der Waals surface area contributed by atoms with Gasteiger partial charge in [-0.05, 0) is 109 Å². The Kier molecular flexibility index (Phi) is 14.1. The highest BCUT2D eigenvalue weighted by Crippen LogP contribution is 2.30. The Morgan fingerprint density at radius 1 is 0.672 bits per heavy atom. The molecule has 16 nitrogen and oxygen atoms in total. The lowest BCUT2D eigenvalue weighted by Gasteiger charge is -2.15. The summed E-state index contributed by atoms with van der Waals surface area (Å²) in [5.41, 5.74) is 2.56. The second kappa shape index (κ2) is 18.8. The molecular formula is C42H43F6N9O7. The van der Waals surface area contributed by atoms with Gasteiger partial charge in [-0.2, -0.15) is 36.5 Å². The lowest BCUT2D eigenvalue weighted by atomic mass is 10.0. The maximum atomic E-state index is 12.9. The van der Waals surface area contributed by atoms with Gasteiger partial charge in [-0.25, -0.2) is 23.8 Å². The Hall–Kier alpha value is -6.94. The number of alkyl halides is 6. The summed E-state index contributed by atoms with van der Waals surface area (Å²) in [4.78, 5) is 56.2. The number of rotatable bonds is 13. The number of esters is 1. The third kappa shape index (κ3) is 12.8. The van der Waals surface area contributed by atoms with E-state index in [0.717, 1.165) is 36.4 Å². The van der Waals surface area contributed by atoms with Crippen LogP contribution in [0.3, 0.4) is 0 Å². The fourth-order valence-corrected chi connectivity index (χ4v) is 5.88. The van der Waals surface area contributed by atoms with E-state index in [1.165, 1.54) is 33.6 Å². The van der Waals surface area contributed by atoms with Crippen LogP contribution in [0.15, 0.2) is 73.1 Å². The Morgan fingerprint density at radius 2 is 1.08 bits per heavy atom. The van der Waals surface area contributed by atoms with Crippen molar-refractivity contribution in [2.45, 2.75) is 83.9 Å². The number of fused-ring (bicyclic) bond motifs is 2. The minimum atomic E-state index is -4.71. The van der Waals surface area contributed by atoms with E-state index in [1.54, 1.807) is 46.8 Å². The molecule has 0 saturated carbocycles. The van der Waals surface area contributed by atoms with Crippen LogP contribution < -0.4 is 16.4 Å². The van der Waals surface area contributed by atoms with Crippen LogP contribution in [0.5, 0.6) is 0 Å². The van der Waals surface area contributed by atoms with Gasteiger partial charge in [-0.1, -0.05) is 12.1 Å². The van der Waals surface area contributed by atoms with Crippen LogP contribution in [0, 0.1) is 0 Å². The Morgan fingerprint density at radius 3 is 1.45 bits per heavy atom. The van der Waals surface area contributed by atoms with Crippen molar-refractivity contribution in [3.63, 3.8) is 0 Å². The molecule has 340 valence electrons. The van der Waals surface area contributed by atoms with E-state index in [2.05, 4.69) is 30.8 Å². The second-order valence-corrected chi connectivity index (χ2v) is 15.6. The van der Waals surface area contributed by atoms with Gasteiger partial charge >= 0.3 is 18.3 Å². The molecule has 6 heterocycles. The van der Waals surface area contributed by atoms with E-state index >= 15 is 0 Å². The van der Waals surface area contributed by atoms with Crippen molar-refractivity contribution in [1.82, 2.24) is 29.2 Å². The summed E-state index contributed by atoms with van der Waals surface area (Å²) in [6.07, 6.45) is -4.89. The molecule has 6 N–H and O–H groups in total. The SMILES string of the molecule is CC(C)(O)CCc1cc2cc(NC(=O)c3cccc(C(F)(F)F)n3)c(C(N)=O)cn2n1.CCOC(=O)c1cn2nc(CCC(C)(C)O)cc2cc1NC(=O)c1cccc(C(F)(F)F)n1. The third-order valence-electron chi connectivity index (χ3n) is 9.09. The number of carbonyl (C=O) groups excluding carboxylic acids is 4. The van der Waals surface area contributed by atoms with Gasteiger partial charge in [0.1, 0.15) is 28.3 Å². The van der Waals surface area contributed by atoms with Gasteiger partial charge in [0.25, 0.3) is 17.7 Å². The number of ether oxygens (including phenoxy) is 1. The molecule has 0 spiro atoms. The highest BCUT2D eigenvalue weighted by Gasteiger charge is 2.34. The highest BCUT2D eigenvalue weighted by atomic mass is 19.4. The molecule has 6 rings (SSSR count). The molecule has 6 aromatic heterocycles. The summed E-state index contributed by atoms with van der Waals surface area (Å²) in [7, 11) is 0. The van der Waals surface area contributed by atoms with E-state index in [4.69, 9.17) is 10.5 Å². The fraction of sp³-hybridized carbons (Fsp3) is 0.333. The molecule has 0 saturated heterocycles. The van der Waals surface area contributed by atoms with Crippen molar-refractivity contribution in [2.75, 3.05) is 17.2 Å². The lowest BCUT2D eigenvalue weighted by Crippen LogP contribution is -2.21. The number of nitrogens with zero attached hydrogens (tertiary/aromatic N) is 6. The van der Waals surface area contributed by atoms with Crippen molar-refractivity contribution >= 4 is 46.1 Å². The van der Waals surface area contributed by atoms with Crippen LogP contribution in [-0.4, -0.2) is 80.9 Å². The zero-order valence-electron chi connectivity index (χ0n) is 34.9. The lowest BCUT2D eigenvalue weighted by molar-refractivity contribution is -0.142. The Bertz CT molecular complexity index is 2700. The molecule has 22 heteroatoms. The van der Waals surface area contributed by atoms with Gasteiger partial charge in [-0.15, -0.1) is 0 Å². The first-order valence-electron chi connectivity index (χ1n) is 19.4. The Labute approximate surface area is 360 Å². The normalized spacial score (nSPS) is 12.1. The van der Waals surface area contributed by atoms with E-state index < -0.39 is 70.0 Å². The van der Waals surface area contributed by atoms with Gasteiger partial charge in [-0.3, -0.25) is 14.4 Å². The summed E-state index contributed by atoms with van der Waals surface area (Å²) >= 11 is 0. The van der Waals surface area contributed by atoms with Crippen LogP contribution in [-0.2, 0) is 29.9 Å². The first-order chi connectivity index (χ1) is 29.7. The molecule has 0 aliphatic heterocycles. The average Bonchev–Trinajstić information content (AvgIpc) is 3.80. The van der Waals surface area contributed by atoms with Crippen molar-refractivity contribution in [1.29, 1.82) is 0 Å². The Balaban J connectivity index is 0.000000241. The maximum Gasteiger partial charge on any atom is 0.433 e. The van der Waals surface area contributed by atoms with Gasteiger partial charge in [0, 0.05) is 12.4 Å². The fourth-order valence-electron chi connectivity index (χ4n) is 5.88. The number of primary amides is 1. The monoisotopic (exact) mass is 899 g/mol. The topological polar surface area (TPSA) is 228 Å².